The molecule has 1 aromatic rings. The molecule has 0 spiro atoms. The van der Waals surface area contributed by atoms with E-state index in [1.807, 2.05) is 0 Å². The van der Waals surface area contributed by atoms with Gasteiger partial charge in [0.15, 0.2) is 0 Å². The van der Waals surface area contributed by atoms with Gasteiger partial charge < -0.3 is 10.4 Å². The van der Waals surface area contributed by atoms with E-state index >= 15 is 0 Å². The van der Waals surface area contributed by atoms with E-state index in [0.29, 0.717) is 23.6 Å². The van der Waals surface area contributed by atoms with Crippen LogP contribution in [0.25, 0.3) is 0 Å². The Balaban J connectivity index is 2.06. The summed E-state index contributed by atoms with van der Waals surface area (Å²) in [6.45, 7) is 0. The average Bonchev–Trinajstić information content (AvgIpc) is 2.26. The quantitative estimate of drug-likeness (QED) is 0.817. The van der Waals surface area contributed by atoms with Crippen LogP contribution in [0.1, 0.15) is 36.0 Å². The number of hydrogen-bond acceptors (Lipinski definition) is 3. The number of nitrogens with one attached hydrogen (secondary N) is 1. The molecule has 2 N–H and O–H groups in total. The zero-order chi connectivity index (χ0) is 13.2. The number of aromatic nitrogens is 1. The van der Waals surface area contributed by atoms with Crippen molar-refractivity contribution >= 4 is 23.5 Å². The molecule has 5 nitrogen and oxygen atoms in total. The lowest BCUT2D eigenvalue weighted by Gasteiger charge is -2.41. The number of hydrogen-bond donors (Lipinski definition) is 2. The number of nitrogens with zero attached hydrogens (tertiary/aromatic N) is 1. The van der Waals surface area contributed by atoms with Gasteiger partial charge in [0.1, 0.15) is 5.15 Å². The van der Waals surface area contributed by atoms with Gasteiger partial charge in [0.2, 0.25) is 0 Å². The number of amides is 1. The van der Waals surface area contributed by atoms with Crippen LogP contribution in [0.5, 0.6) is 0 Å². The van der Waals surface area contributed by atoms with Gasteiger partial charge in [0.25, 0.3) is 5.91 Å². The molecule has 1 aliphatic rings. The summed E-state index contributed by atoms with van der Waals surface area (Å²) in [6, 6.07) is 3.10. The Labute approximate surface area is 109 Å². The van der Waals surface area contributed by atoms with Crippen LogP contribution in [0.3, 0.4) is 0 Å². The molecule has 0 bridgehead atoms. The van der Waals surface area contributed by atoms with Crippen LogP contribution in [0.2, 0.25) is 5.15 Å². The van der Waals surface area contributed by atoms with Crippen molar-refractivity contribution in [3.8, 4) is 0 Å². The van der Waals surface area contributed by atoms with Crippen LogP contribution in [0.15, 0.2) is 18.3 Å². The van der Waals surface area contributed by atoms with E-state index in [-0.39, 0.29) is 12.3 Å². The van der Waals surface area contributed by atoms with Gasteiger partial charge in [-0.3, -0.25) is 9.59 Å². The van der Waals surface area contributed by atoms with Gasteiger partial charge in [-0.25, -0.2) is 4.98 Å². The summed E-state index contributed by atoms with van der Waals surface area (Å²) in [6.07, 6.45) is 3.68. The SMILES string of the molecule is O=C(O)CC1(NC(=O)c2ccc(Cl)nc2)CCC1. The highest BCUT2D eigenvalue weighted by Gasteiger charge is 2.40. The minimum Gasteiger partial charge on any atom is -0.481 e. The van der Waals surface area contributed by atoms with E-state index < -0.39 is 11.5 Å². The van der Waals surface area contributed by atoms with Gasteiger partial charge in [0, 0.05) is 6.20 Å². The average molecular weight is 269 g/mol. The van der Waals surface area contributed by atoms with Gasteiger partial charge in [-0.1, -0.05) is 11.6 Å². The summed E-state index contributed by atoms with van der Waals surface area (Å²) in [5.74, 6) is -1.20. The Hall–Kier alpha value is -1.62. The molecule has 0 saturated heterocycles. The Kier molecular flexibility index (Phi) is 3.52. The lowest BCUT2D eigenvalue weighted by Crippen LogP contribution is -2.54. The highest BCUT2D eigenvalue weighted by Crippen LogP contribution is 2.35. The van der Waals surface area contributed by atoms with Crippen molar-refractivity contribution in [1.29, 1.82) is 0 Å². The molecule has 6 heteroatoms. The van der Waals surface area contributed by atoms with Crippen LogP contribution in [-0.2, 0) is 4.79 Å². The molecular weight excluding hydrogens is 256 g/mol. The molecule has 1 saturated carbocycles. The first-order valence-corrected chi connectivity index (χ1v) is 6.04. The summed E-state index contributed by atoms with van der Waals surface area (Å²) in [4.78, 5) is 26.6. The van der Waals surface area contributed by atoms with Gasteiger partial charge in [0.05, 0.1) is 17.5 Å². The molecule has 0 atom stereocenters. The fourth-order valence-corrected chi connectivity index (χ4v) is 2.17. The number of carbonyl (C=O) groups is 2. The van der Waals surface area contributed by atoms with Gasteiger partial charge in [-0.05, 0) is 31.4 Å². The molecule has 0 unspecified atom stereocenters. The minimum atomic E-state index is -0.899. The van der Waals surface area contributed by atoms with Crippen molar-refractivity contribution < 1.29 is 14.7 Å². The maximum atomic E-state index is 12.0. The van der Waals surface area contributed by atoms with Crippen molar-refractivity contribution in [2.75, 3.05) is 0 Å². The van der Waals surface area contributed by atoms with Gasteiger partial charge >= 0.3 is 5.97 Å². The molecule has 1 fully saturated rings. The van der Waals surface area contributed by atoms with E-state index in [9.17, 15) is 9.59 Å². The van der Waals surface area contributed by atoms with E-state index in [1.54, 1.807) is 6.07 Å². The number of pyridine rings is 1. The molecule has 2 rings (SSSR count). The highest BCUT2D eigenvalue weighted by molar-refractivity contribution is 6.29. The van der Waals surface area contributed by atoms with Crippen LogP contribution >= 0.6 is 11.6 Å². The van der Waals surface area contributed by atoms with Gasteiger partial charge in [-0.2, -0.15) is 0 Å². The molecule has 0 aromatic carbocycles. The van der Waals surface area contributed by atoms with Crippen molar-refractivity contribution in [3.05, 3.63) is 29.0 Å². The van der Waals surface area contributed by atoms with Crippen LogP contribution in [-0.4, -0.2) is 27.5 Å². The number of carboxylic acids is 1. The van der Waals surface area contributed by atoms with Crippen molar-refractivity contribution in [2.24, 2.45) is 0 Å². The van der Waals surface area contributed by atoms with E-state index in [4.69, 9.17) is 16.7 Å². The number of halogens is 1. The third-order valence-corrected chi connectivity index (χ3v) is 3.39. The predicted octanol–water partition coefficient (Wildman–Crippen LogP) is 1.86. The summed E-state index contributed by atoms with van der Waals surface area (Å²) < 4.78 is 0. The maximum Gasteiger partial charge on any atom is 0.305 e. The molecule has 96 valence electrons. The fourth-order valence-electron chi connectivity index (χ4n) is 2.06. The second kappa shape index (κ2) is 4.94. The largest absolute Gasteiger partial charge is 0.481 e. The third-order valence-electron chi connectivity index (χ3n) is 3.17. The summed E-state index contributed by atoms with van der Waals surface area (Å²) in [5, 5.41) is 12.0. The van der Waals surface area contributed by atoms with Gasteiger partial charge in [-0.15, -0.1) is 0 Å². The normalized spacial score (nSPS) is 16.7. The van der Waals surface area contributed by atoms with Crippen molar-refractivity contribution in [2.45, 2.75) is 31.2 Å². The van der Waals surface area contributed by atoms with Crippen molar-refractivity contribution in [1.82, 2.24) is 10.3 Å². The Morgan fingerprint density at radius 3 is 2.61 bits per heavy atom. The summed E-state index contributed by atoms with van der Waals surface area (Å²) in [7, 11) is 0. The predicted molar refractivity (Wildman–Crippen MR) is 65.5 cm³/mol. The zero-order valence-electron chi connectivity index (χ0n) is 9.65. The number of aliphatic carboxylic acids is 1. The molecular formula is C12H13ClN2O3. The topological polar surface area (TPSA) is 79.3 Å². The second-order valence-electron chi connectivity index (χ2n) is 4.53. The van der Waals surface area contributed by atoms with E-state index in [0.717, 1.165) is 6.42 Å². The number of carbonyl (C=O) groups excluding carboxylic acids is 1. The lowest BCUT2D eigenvalue weighted by atomic mass is 9.74. The monoisotopic (exact) mass is 268 g/mol. The Bertz CT molecular complexity index is 469. The van der Waals surface area contributed by atoms with E-state index in [1.165, 1.54) is 12.3 Å². The fraction of sp³-hybridized carbons (Fsp3) is 0.417. The maximum absolute atomic E-state index is 12.0. The Morgan fingerprint density at radius 2 is 2.17 bits per heavy atom. The van der Waals surface area contributed by atoms with Crippen molar-refractivity contribution in [3.63, 3.8) is 0 Å². The first-order chi connectivity index (χ1) is 8.51. The molecule has 0 radical (unpaired) electrons. The number of carboxylic acid groups (broad SMARTS) is 1. The summed E-state index contributed by atoms with van der Waals surface area (Å²) in [5.41, 5.74) is -0.209. The first kappa shape index (κ1) is 12.8. The Morgan fingerprint density at radius 1 is 1.44 bits per heavy atom. The smallest absolute Gasteiger partial charge is 0.305 e. The second-order valence-corrected chi connectivity index (χ2v) is 4.92. The molecule has 18 heavy (non-hydrogen) atoms. The van der Waals surface area contributed by atoms with Crippen LogP contribution in [0.4, 0.5) is 0 Å². The summed E-state index contributed by atoms with van der Waals surface area (Å²) >= 11 is 5.64. The lowest BCUT2D eigenvalue weighted by molar-refractivity contribution is -0.139. The number of rotatable bonds is 4. The highest BCUT2D eigenvalue weighted by atomic mass is 35.5. The molecule has 1 aromatic heterocycles. The third kappa shape index (κ3) is 2.79. The molecule has 1 heterocycles. The molecule has 0 aliphatic heterocycles. The molecule has 1 amide bonds. The van der Waals surface area contributed by atoms with Crippen LogP contribution < -0.4 is 5.32 Å². The first-order valence-electron chi connectivity index (χ1n) is 5.67. The molecule has 1 aliphatic carbocycles. The van der Waals surface area contributed by atoms with Crippen LogP contribution in [0, 0.1) is 0 Å². The zero-order valence-corrected chi connectivity index (χ0v) is 10.4. The van der Waals surface area contributed by atoms with E-state index in [2.05, 4.69) is 10.3 Å². The standard InChI is InChI=1S/C12H13ClN2O3/c13-9-3-2-8(7-14-9)11(18)15-12(4-1-5-12)6-10(16)17/h2-3,7H,1,4-6H2,(H,15,18)(H,16,17). The minimum absolute atomic E-state index is 0.0419.